The number of rotatable bonds is 4. The van der Waals surface area contributed by atoms with E-state index in [1.54, 1.807) is 0 Å². The Hall–Kier alpha value is -1.73. The van der Waals surface area contributed by atoms with Crippen molar-refractivity contribution >= 4 is 9.84 Å². The lowest BCUT2D eigenvalue weighted by Crippen LogP contribution is -2.42. The Balaban J connectivity index is 1.47. The van der Waals surface area contributed by atoms with E-state index in [2.05, 4.69) is 11.8 Å². The van der Waals surface area contributed by atoms with E-state index in [1.807, 2.05) is 35.0 Å². The Morgan fingerprint density at radius 1 is 1.12 bits per heavy atom. The number of hydrogen-bond donors (Lipinski definition) is 0. The predicted molar refractivity (Wildman–Crippen MR) is 102 cm³/mol. The van der Waals surface area contributed by atoms with Crippen LogP contribution in [0.25, 0.3) is 11.4 Å². The summed E-state index contributed by atoms with van der Waals surface area (Å²) < 4.78 is 25.5. The lowest BCUT2D eigenvalue weighted by Gasteiger charge is -2.35. The van der Waals surface area contributed by atoms with Gasteiger partial charge in [0.2, 0.25) is 0 Å². The molecule has 0 radical (unpaired) electrons. The smallest absolute Gasteiger partial charge is 0.181 e. The summed E-state index contributed by atoms with van der Waals surface area (Å²) >= 11 is 0. The summed E-state index contributed by atoms with van der Waals surface area (Å²) in [5, 5.41) is 4.70. The largest absolute Gasteiger partial charge is 0.299 e. The van der Waals surface area contributed by atoms with Gasteiger partial charge in [-0.1, -0.05) is 30.3 Å². The maximum absolute atomic E-state index is 11.7. The third-order valence-electron chi connectivity index (χ3n) is 5.65. The number of likely N-dealkylation sites (tertiary alicyclic amines) is 1. The van der Waals surface area contributed by atoms with E-state index in [9.17, 15) is 8.42 Å². The van der Waals surface area contributed by atoms with Crippen LogP contribution in [0.2, 0.25) is 0 Å². The van der Waals surface area contributed by atoms with E-state index in [4.69, 9.17) is 10.1 Å². The number of aromatic nitrogens is 3. The highest BCUT2D eigenvalue weighted by Gasteiger charge is 2.35. The van der Waals surface area contributed by atoms with Gasteiger partial charge >= 0.3 is 0 Å². The van der Waals surface area contributed by atoms with Crippen molar-refractivity contribution in [2.24, 2.45) is 0 Å². The van der Waals surface area contributed by atoms with Crippen molar-refractivity contribution in [3.05, 3.63) is 36.2 Å². The molecule has 1 atom stereocenters. The summed E-state index contributed by atoms with van der Waals surface area (Å²) in [6, 6.07) is 10.3. The molecule has 140 valence electrons. The number of aryl methyl sites for hydroxylation is 1. The molecule has 6 nitrogen and oxygen atoms in total. The van der Waals surface area contributed by atoms with E-state index in [0.717, 1.165) is 56.1 Å². The summed E-state index contributed by atoms with van der Waals surface area (Å²) in [4.78, 5) is 7.22. The van der Waals surface area contributed by atoms with Crippen LogP contribution >= 0.6 is 0 Å². The van der Waals surface area contributed by atoms with Gasteiger partial charge < -0.3 is 0 Å². The molecule has 0 N–H and O–H groups in total. The Morgan fingerprint density at radius 2 is 1.85 bits per heavy atom. The van der Waals surface area contributed by atoms with Crippen LogP contribution in [0.15, 0.2) is 30.3 Å². The van der Waals surface area contributed by atoms with Crippen LogP contribution in [0.1, 0.15) is 37.9 Å². The molecule has 0 saturated carbocycles. The second-order valence-electron chi connectivity index (χ2n) is 7.34. The molecule has 1 aromatic heterocycles. The first-order valence-corrected chi connectivity index (χ1v) is 11.3. The van der Waals surface area contributed by atoms with Crippen LogP contribution in [-0.2, 0) is 16.4 Å². The molecule has 4 rings (SSSR count). The highest BCUT2D eigenvalue weighted by Crippen LogP contribution is 2.31. The van der Waals surface area contributed by atoms with Gasteiger partial charge in [0.25, 0.3) is 0 Å². The van der Waals surface area contributed by atoms with Crippen molar-refractivity contribution < 1.29 is 8.42 Å². The first kappa shape index (κ1) is 17.7. The molecule has 0 bridgehead atoms. The van der Waals surface area contributed by atoms with Gasteiger partial charge in [-0.05, 0) is 39.3 Å². The van der Waals surface area contributed by atoms with Crippen molar-refractivity contribution in [3.8, 4) is 11.4 Å². The molecular formula is C19H26N4O2S. The quantitative estimate of drug-likeness (QED) is 0.822. The monoisotopic (exact) mass is 374 g/mol. The molecule has 0 amide bonds. The van der Waals surface area contributed by atoms with E-state index >= 15 is 0 Å². The van der Waals surface area contributed by atoms with E-state index in [-0.39, 0.29) is 6.04 Å². The Kier molecular flexibility index (Phi) is 4.84. The number of nitrogens with zero attached hydrogens (tertiary/aromatic N) is 4. The van der Waals surface area contributed by atoms with Crippen molar-refractivity contribution in [3.63, 3.8) is 0 Å². The summed E-state index contributed by atoms with van der Waals surface area (Å²) in [5.41, 5.74) is 1.05. The van der Waals surface area contributed by atoms with Crippen molar-refractivity contribution in [2.45, 2.75) is 44.7 Å². The second-order valence-corrected chi connectivity index (χ2v) is 9.57. The average Bonchev–Trinajstić information content (AvgIpc) is 3.26. The fourth-order valence-electron chi connectivity index (χ4n) is 4.18. The number of sulfone groups is 1. The molecule has 0 aliphatic carbocycles. The lowest BCUT2D eigenvalue weighted by atomic mass is 9.94. The molecule has 0 spiro atoms. The molecular weight excluding hydrogens is 348 g/mol. The Bertz CT molecular complexity index is 855. The minimum atomic E-state index is -2.82. The van der Waals surface area contributed by atoms with Gasteiger partial charge in [-0.3, -0.25) is 4.90 Å². The van der Waals surface area contributed by atoms with E-state index < -0.39 is 9.84 Å². The molecule has 7 heteroatoms. The number of hydrogen-bond acceptors (Lipinski definition) is 5. The Morgan fingerprint density at radius 3 is 2.46 bits per heavy atom. The number of piperidine rings is 1. The van der Waals surface area contributed by atoms with Crippen LogP contribution in [0.4, 0.5) is 0 Å². The van der Waals surface area contributed by atoms with Crippen molar-refractivity contribution in [2.75, 3.05) is 24.6 Å². The lowest BCUT2D eigenvalue weighted by molar-refractivity contribution is 0.161. The predicted octanol–water partition coefficient (Wildman–Crippen LogP) is 2.33. The third-order valence-corrected chi connectivity index (χ3v) is 7.40. The summed E-state index contributed by atoms with van der Waals surface area (Å²) in [6.07, 6.45) is 2.82. The molecule has 0 unspecified atom stereocenters. The zero-order chi connectivity index (χ0) is 18.1. The van der Waals surface area contributed by atoms with Crippen LogP contribution in [0, 0.1) is 0 Å². The van der Waals surface area contributed by atoms with Gasteiger partial charge in [0.1, 0.15) is 5.82 Å². The highest BCUT2D eigenvalue weighted by molar-refractivity contribution is 7.91. The average molecular weight is 375 g/mol. The van der Waals surface area contributed by atoms with Gasteiger partial charge in [0.15, 0.2) is 15.7 Å². The minimum absolute atomic E-state index is 0.213. The molecule has 2 saturated heterocycles. The maximum atomic E-state index is 11.7. The SMILES string of the molecule is CCn1nc(-c2ccccc2)nc1C1CCN([C@H]2CCS(=O)(=O)C2)CC1. The fraction of sp³-hybridized carbons (Fsp3) is 0.579. The maximum Gasteiger partial charge on any atom is 0.181 e. The molecule has 2 aliphatic heterocycles. The first-order chi connectivity index (χ1) is 12.6. The Labute approximate surface area is 155 Å². The van der Waals surface area contributed by atoms with Crippen LogP contribution in [0.5, 0.6) is 0 Å². The van der Waals surface area contributed by atoms with Gasteiger partial charge in [-0.2, -0.15) is 5.10 Å². The summed E-state index contributed by atoms with van der Waals surface area (Å²) in [6.45, 7) is 4.81. The van der Waals surface area contributed by atoms with Gasteiger partial charge in [0, 0.05) is 24.1 Å². The van der Waals surface area contributed by atoms with Gasteiger partial charge in [-0.15, -0.1) is 0 Å². The topological polar surface area (TPSA) is 68.1 Å². The fourth-order valence-corrected chi connectivity index (χ4v) is 5.95. The number of benzene rings is 1. The summed E-state index contributed by atoms with van der Waals surface area (Å²) in [7, 11) is -2.82. The first-order valence-electron chi connectivity index (χ1n) is 9.50. The zero-order valence-corrected chi connectivity index (χ0v) is 16.0. The molecule has 3 heterocycles. The van der Waals surface area contributed by atoms with Gasteiger partial charge in [0.05, 0.1) is 11.5 Å². The van der Waals surface area contributed by atoms with Crippen molar-refractivity contribution in [1.82, 2.24) is 19.7 Å². The normalized spacial score (nSPS) is 24.1. The van der Waals surface area contributed by atoms with E-state index in [1.165, 1.54) is 0 Å². The van der Waals surface area contributed by atoms with Crippen molar-refractivity contribution in [1.29, 1.82) is 0 Å². The molecule has 2 fully saturated rings. The third kappa shape index (κ3) is 3.55. The van der Waals surface area contributed by atoms with Crippen LogP contribution in [0.3, 0.4) is 0 Å². The molecule has 1 aromatic carbocycles. The minimum Gasteiger partial charge on any atom is -0.299 e. The van der Waals surface area contributed by atoms with Gasteiger partial charge in [-0.25, -0.2) is 18.1 Å². The highest BCUT2D eigenvalue weighted by atomic mass is 32.2. The summed E-state index contributed by atoms with van der Waals surface area (Å²) in [5.74, 6) is 2.95. The zero-order valence-electron chi connectivity index (χ0n) is 15.2. The van der Waals surface area contributed by atoms with Crippen LogP contribution < -0.4 is 0 Å². The van der Waals surface area contributed by atoms with Crippen LogP contribution in [-0.4, -0.2) is 58.7 Å². The molecule has 2 aromatic rings. The van der Waals surface area contributed by atoms with E-state index in [0.29, 0.717) is 17.4 Å². The molecule has 2 aliphatic rings. The second kappa shape index (κ2) is 7.12. The standard InChI is InChI=1S/C19H26N4O2S/c1-2-23-19(20-18(21-23)15-6-4-3-5-7-15)16-8-11-22(12-9-16)17-10-13-26(24,25)14-17/h3-7,16-17H,2,8-14H2,1H3/t17-/m0/s1. The molecule has 26 heavy (non-hydrogen) atoms.